The standard InChI is InChI=1S/C14H20N2O2S/c1-10-6-7-19-14(16-10)15-9-11-4-5-12(17-2)13(8-11)18-3/h4-5,8,10H,6-7,9H2,1-3H3,(H,15,16). The molecule has 0 amide bonds. The van der Waals surface area contributed by atoms with Gasteiger partial charge in [-0.25, -0.2) is 0 Å². The fraction of sp³-hybridized carbons (Fsp3) is 0.500. The van der Waals surface area contributed by atoms with Crippen molar-refractivity contribution in [1.82, 2.24) is 5.32 Å². The van der Waals surface area contributed by atoms with Crippen molar-refractivity contribution in [3.63, 3.8) is 0 Å². The maximum absolute atomic E-state index is 5.29. The third-order valence-electron chi connectivity index (χ3n) is 3.01. The number of rotatable bonds is 4. The first-order valence-electron chi connectivity index (χ1n) is 6.37. The SMILES string of the molecule is COc1ccc(CN=C2NC(C)CCS2)cc1OC. The number of thioether (sulfide) groups is 1. The second-order valence-electron chi connectivity index (χ2n) is 4.49. The summed E-state index contributed by atoms with van der Waals surface area (Å²) >= 11 is 1.79. The number of nitrogens with zero attached hydrogens (tertiary/aromatic N) is 1. The molecule has 0 aliphatic carbocycles. The van der Waals surface area contributed by atoms with Gasteiger partial charge in [0.2, 0.25) is 0 Å². The highest BCUT2D eigenvalue weighted by Gasteiger charge is 2.12. The molecule has 5 heteroatoms. The zero-order chi connectivity index (χ0) is 13.7. The summed E-state index contributed by atoms with van der Waals surface area (Å²) < 4.78 is 10.5. The van der Waals surface area contributed by atoms with Crippen molar-refractivity contribution < 1.29 is 9.47 Å². The van der Waals surface area contributed by atoms with E-state index in [1.165, 1.54) is 6.42 Å². The molecule has 0 saturated carbocycles. The predicted molar refractivity (Wildman–Crippen MR) is 80.4 cm³/mol. The van der Waals surface area contributed by atoms with E-state index in [0.717, 1.165) is 28.0 Å². The lowest BCUT2D eigenvalue weighted by Gasteiger charge is -2.21. The van der Waals surface area contributed by atoms with Gasteiger partial charge in [0.05, 0.1) is 20.8 Å². The molecule has 2 rings (SSSR count). The van der Waals surface area contributed by atoms with Crippen LogP contribution < -0.4 is 14.8 Å². The number of amidine groups is 1. The summed E-state index contributed by atoms with van der Waals surface area (Å²) in [6.45, 7) is 2.84. The van der Waals surface area contributed by atoms with Crippen molar-refractivity contribution >= 4 is 16.9 Å². The van der Waals surface area contributed by atoms with Crippen LogP contribution in [0.5, 0.6) is 11.5 Å². The van der Waals surface area contributed by atoms with Crippen LogP contribution in [0.2, 0.25) is 0 Å². The van der Waals surface area contributed by atoms with E-state index in [4.69, 9.17) is 9.47 Å². The molecule has 1 N–H and O–H groups in total. The largest absolute Gasteiger partial charge is 0.493 e. The highest BCUT2D eigenvalue weighted by molar-refractivity contribution is 8.13. The second-order valence-corrected chi connectivity index (χ2v) is 5.58. The van der Waals surface area contributed by atoms with E-state index in [1.807, 2.05) is 18.2 Å². The Hall–Kier alpha value is -1.36. The van der Waals surface area contributed by atoms with E-state index >= 15 is 0 Å². The smallest absolute Gasteiger partial charge is 0.161 e. The number of hydrogen-bond acceptors (Lipinski definition) is 4. The van der Waals surface area contributed by atoms with Crippen LogP contribution >= 0.6 is 11.8 Å². The Kier molecular flexibility index (Phi) is 4.96. The Bertz CT molecular complexity index is 463. The van der Waals surface area contributed by atoms with Gasteiger partial charge in [-0.05, 0) is 31.0 Å². The normalized spacial score (nSPS) is 21.0. The Labute approximate surface area is 118 Å². The van der Waals surface area contributed by atoms with Gasteiger partial charge in [-0.1, -0.05) is 17.8 Å². The Balaban J connectivity index is 2.04. The fourth-order valence-electron chi connectivity index (χ4n) is 1.89. The van der Waals surface area contributed by atoms with E-state index < -0.39 is 0 Å². The lowest BCUT2D eigenvalue weighted by molar-refractivity contribution is 0.354. The Morgan fingerprint density at radius 1 is 1.32 bits per heavy atom. The molecule has 0 aromatic heterocycles. The van der Waals surface area contributed by atoms with Crippen LogP contribution in [0.25, 0.3) is 0 Å². The van der Waals surface area contributed by atoms with Crippen molar-refractivity contribution in [3.8, 4) is 11.5 Å². The van der Waals surface area contributed by atoms with Crippen molar-refractivity contribution in [2.75, 3.05) is 20.0 Å². The average Bonchev–Trinajstić information content (AvgIpc) is 2.45. The van der Waals surface area contributed by atoms with E-state index in [2.05, 4.69) is 17.2 Å². The lowest BCUT2D eigenvalue weighted by Crippen LogP contribution is -2.35. The molecule has 1 aliphatic rings. The topological polar surface area (TPSA) is 42.8 Å². The van der Waals surface area contributed by atoms with Gasteiger partial charge < -0.3 is 14.8 Å². The van der Waals surface area contributed by atoms with Gasteiger partial charge in [0.25, 0.3) is 0 Å². The van der Waals surface area contributed by atoms with Gasteiger partial charge in [-0.15, -0.1) is 0 Å². The monoisotopic (exact) mass is 280 g/mol. The van der Waals surface area contributed by atoms with E-state index in [1.54, 1.807) is 26.0 Å². The van der Waals surface area contributed by atoms with Crippen LogP contribution in [-0.4, -0.2) is 31.2 Å². The molecule has 0 radical (unpaired) electrons. The molecule has 1 unspecified atom stereocenters. The van der Waals surface area contributed by atoms with Crippen LogP contribution in [0.1, 0.15) is 18.9 Å². The molecule has 1 fully saturated rings. The minimum absolute atomic E-state index is 0.519. The van der Waals surface area contributed by atoms with E-state index in [0.29, 0.717) is 12.6 Å². The maximum atomic E-state index is 5.29. The van der Waals surface area contributed by atoms with Gasteiger partial charge in [0.15, 0.2) is 16.7 Å². The molecule has 0 bridgehead atoms. The molecular weight excluding hydrogens is 260 g/mol. The number of nitrogens with one attached hydrogen (secondary N) is 1. The minimum Gasteiger partial charge on any atom is -0.493 e. The van der Waals surface area contributed by atoms with Crippen LogP contribution in [0.4, 0.5) is 0 Å². The van der Waals surface area contributed by atoms with Crippen molar-refractivity contribution in [3.05, 3.63) is 23.8 Å². The van der Waals surface area contributed by atoms with Crippen LogP contribution in [0, 0.1) is 0 Å². The zero-order valence-corrected chi connectivity index (χ0v) is 12.4. The molecule has 1 aromatic rings. The summed E-state index contributed by atoms with van der Waals surface area (Å²) in [4.78, 5) is 4.61. The predicted octanol–water partition coefficient (Wildman–Crippen LogP) is 2.67. The first kappa shape index (κ1) is 14.1. The quantitative estimate of drug-likeness (QED) is 0.921. The van der Waals surface area contributed by atoms with Crippen molar-refractivity contribution in [2.45, 2.75) is 25.9 Å². The number of ether oxygens (including phenoxy) is 2. The van der Waals surface area contributed by atoms with Crippen LogP contribution in [0.15, 0.2) is 23.2 Å². The van der Waals surface area contributed by atoms with Gasteiger partial charge in [-0.3, -0.25) is 4.99 Å². The number of methoxy groups -OCH3 is 2. The van der Waals surface area contributed by atoms with Crippen molar-refractivity contribution in [2.24, 2.45) is 4.99 Å². The third-order valence-corrected chi connectivity index (χ3v) is 3.97. The molecule has 0 spiro atoms. The molecule has 1 saturated heterocycles. The summed E-state index contributed by atoms with van der Waals surface area (Å²) in [5.74, 6) is 2.63. The van der Waals surface area contributed by atoms with Gasteiger partial charge in [0.1, 0.15) is 0 Å². The molecular formula is C14H20N2O2S. The van der Waals surface area contributed by atoms with Gasteiger partial charge in [-0.2, -0.15) is 0 Å². The molecule has 4 nitrogen and oxygen atoms in total. The summed E-state index contributed by atoms with van der Waals surface area (Å²) in [6, 6.07) is 6.42. The summed E-state index contributed by atoms with van der Waals surface area (Å²) in [7, 11) is 3.29. The molecule has 1 aromatic carbocycles. The highest BCUT2D eigenvalue weighted by atomic mass is 32.2. The van der Waals surface area contributed by atoms with Crippen LogP contribution in [0.3, 0.4) is 0 Å². The number of aliphatic imine (C=N–C) groups is 1. The van der Waals surface area contributed by atoms with E-state index in [-0.39, 0.29) is 0 Å². The highest BCUT2D eigenvalue weighted by Crippen LogP contribution is 2.28. The van der Waals surface area contributed by atoms with Gasteiger partial charge >= 0.3 is 0 Å². The maximum Gasteiger partial charge on any atom is 0.161 e. The van der Waals surface area contributed by atoms with Crippen LogP contribution in [-0.2, 0) is 6.54 Å². The second kappa shape index (κ2) is 6.70. The molecule has 19 heavy (non-hydrogen) atoms. The third kappa shape index (κ3) is 3.80. The first-order valence-corrected chi connectivity index (χ1v) is 7.36. The minimum atomic E-state index is 0.519. The average molecular weight is 280 g/mol. The first-order chi connectivity index (χ1) is 9.22. The number of benzene rings is 1. The number of hydrogen-bond donors (Lipinski definition) is 1. The van der Waals surface area contributed by atoms with Crippen molar-refractivity contribution in [1.29, 1.82) is 0 Å². The lowest BCUT2D eigenvalue weighted by atomic mass is 10.2. The molecule has 1 heterocycles. The van der Waals surface area contributed by atoms with E-state index in [9.17, 15) is 0 Å². The molecule has 1 aliphatic heterocycles. The molecule has 104 valence electrons. The Morgan fingerprint density at radius 2 is 2.11 bits per heavy atom. The fourth-order valence-corrected chi connectivity index (χ4v) is 3.00. The zero-order valence-electron chi connectivity index (χ0n) is 11.6. The summed E-state index contributed by atoms with van der Waals surface area (Å²) in [5, 5.41) is 4.43. The molecule has 1 atom stereocenters. The van der Waals surface area contributed by atoms with Gasteiger partial charge in [0, 0.05) is 11.8 Å². The summed E-state index contributed by atoms with van der Waals surface area (Å²) in [6.07, 6.45) is 1.19. The Morgan fingerprint density at radius 3 is 2.79 bits per heavy atom. The summed E-state index contributed by atoms with van der Waals surface area (Å²) in [5.41, 5.74) is 1.12.